The Kier molecular flexibility index (Phi) is 5.10. The SMILES string of the molecule is CC(=O)C(C)Sc1nc2c(c(=O)n(C)c(=O)n2C)n1Cc1ccc(C)cc1. The third-order valence-corrected chi connectivity index (χ3v) is 5.84. The van der Waals surface area contributed by atoms with E-state index >= 15 is 0 Å². The molecule has 27 heavy (non-hydrogen) atoms. The molecule has 7 nitrogen and oxygen atoms in total. The summed E-state index contributed by atoms with van der Waals surface area (Å²) < 4.78 is 4.25. The molecule has 0 fully saturated rings. The lowest BCUT2D eigenvalue weighted by Gasteiger charge is -2.11. The Morgan fingerprint density at radius 2 is 1.78 bits per heavy atom. The summed E-state index contributed by atoms with van der Waals surface area (Å²) in [6, 6.07) is 8.01. The van der Waals surface area contributed by atoms with E-state index in [0.29, 0.717) is 22.9 Å². The molecule has 0 N–H and O–H groups in total. The van der Waals surface area contributed by atoms with Crippen molar-refractivity contribution >= 4 is 28.7 Å². The maximum Gasteiger partial charge on any atom is 0.332 e. The number of carbonyl (C=O) groups excluding carboxylic acids is 1. The van der Waals surface area contributed by atoms with Crippen molar-refractivity contribution in [1.82, 2.24) is 18.7 Å². The molecule has 0 saturated heterocycles. The number of rotatable bonds is 5. The zero-order valence-electron chi connectivity index (χ0n) is 16.0. The number of imidazole rings is 1. The standard InChI is InChI=1S/C19H22N4O3S/c1-11-6-8-14(9-7-11)10-23-15-16(20-18(23)27-13(3)12(2)24)21(4)19(26)22(5)17(15)25/h6-9,13H,10H2,1-5H3. The molecule has 0 saturated carbocycles. The molecule has 0 radical (unpaired) electrons. The summed E-state index contributed by atoms with van der Waals surface area (Å²) in [6.07, 6.45) is 0. The minimum Gasteiger partial charge on any atom is -0.309 e. The molecule has 3 aromatic rings. The number of hydrogen-bond donors (Lipinski definition) is 0. The molecule has 142 valence electrons. The number of aromatic nitrogens is 4. The van der Waals surface area contributed by atoms with Crippen LogP contribution in [-0.4, -0.2) is 29.7 Å². The van der Waals surface area contributed by atoms with Gasteiger partial charge in [-0.3, -0.25) is 18.7 Å². The predicted octanol–water partition coefficient (Wildman–Crippen LogP) is 1.86. The molecule has 0 bridgehead atoms. The van der Waals surface area contributed by atoms with Gasteiger partial charge in [0, 0.05) is 14.1 Å². The van der Waals surface area contributed by atoms with Gasteiger partial charge in [-0.2, -0.15) is 0 Å². The normalized spacial score (nSPS) is 12.5. The Morgan fingerprint density at radius 3 is 2.37 bits per heavy atom. The van der Waals surface area contributed by atoms with Gasteiger partial charge in [-0.25, -0.2) is 9.78 Å². The second-order valence-electron chi connectivity index (χ2n) is 6.71. The monoisotopic (exact) mass is 386 g/mol. The summed E-state index contributed by atoms with van der Waals surface area (Å²) in [5, 5.41) is 0.242. The van der Waals surface area contributed by atoms with E-state index < -0.39 is 11.2 Å². The number of fused-ring (bicyclic) bond motifs is 1. The van der Waals surface area contributed by atoms with Crippen molar-refractivity contribution < 1.29 is 4.79 Å². The average molecular weight is 386 g/mol. The number of aryl methyl sites for hydroxylation is 2. The molecule has 0 aliphatic rings. The van der Waals surface area contributed by atoms with E-state index in [1.807, 2.05) is 31.2 Å². The molecular weight excluding hydrogens is 364 g/mol. The maximum atomic E-state index is 12.8. The van der Waals surface area contributed by atoms with Crippen molar-refractivity contribution in [3.8, 4) is 0 Å². The van der Waals surface area contributed by atoms with Crippen molar-refractivity contribution in [3.05, 3.63) is 56.2 Å². The van der Waals surface area contributed by atoms with Crippen LogP contribution in [0.1, 0.15) is 25.0 Å². The van der Waals surface area contributed by atoms with Gasteiger partial charge < -0.3 is 4.57 Å². The van der Waals surface area contributed by atoms with Crippen LogP contribution in [0.25, 0.3) is 11.2 Å². The Morgan fingerprint density at radius 1 is 1.15 bits per heavy atom. The molecule has 0 aliphatic carbocycles. The van der Waals surface area contributed by atoms with Crippen LogP contribution in [-0.2, 0) is 25.4 Å². The highest BCUT2D eigenvalue weighted by Gasteiger charge is 2.22. The highest BCUT2D eigenvalue weighted by Crippen LogP contribution is 2.27. The van der Waals surface area contributed by atoms with Crippen molar-refractivity contribution in [3.63, 3.8) is 0 Å². The number of thioether (sulfide) groups is 1. The minimum absolute atomic E-state index is 0.0238. The van der Waals surface area contributed by atoms with Gasteiger partial charge in [-0.1, -0.05) is 41.6 Å². The van der Waals surface area contributed by atoms with Crippen LogP contribution in [0.3, 0.4) is 0 Å². The summed E-state index contributed by atoms with van der Waals surface area (Å²) in [5.74, 6) is 0.0238. The fraction of sp³-hybridized carbons (Fsp3) is 0.368. The minimum atomic E-state index is -0.427. The van der Waals surface area contributed by atoms with Gasteiger partial charge in [0.15, 0.2) is 16.3 Å². The Hall–Kier alpha value is -2.61. The highest BCUT2D eigenvalue weighted by atomic mass is 32.2. The maximum absolute atomic E-state index is 12.8. The lowest BCUT2D eigenvalue weighted by molar-refractivity contribution is -0.116. The predicted molar refractivity (Wildman–Crippen MR) is 106 cm³/mol. The first-order chi connectivity index (χ1) is 12.7. The van der Waals surface area contributed by atoms with E-state index in [1.54, 1.807) is 18.5 Å². The second-order valence-corrected chi connectivity index (χ2v) is 8.02. The molecule has 1 aromatic carbocycles. The number of nitrogens with zero attached hydrogens (tertiary/aromatic N) is 4. The van der Waals surface area contributed by atoms with Gasteiger partial charge in [0.1, 0.15) is 5.78 Å². The number of ketones is 1. The lowest BCUT2D eigenvalue weighted by atomic mass is 10.1. The third kappa shape index (κ3) is 3.49. The Bertz CT molecular complexity index is 1140. The van der Waals surface area contributed by atoms with Crippen molar-refractivity contribution in [1.29, 1.82) is 0 Å². The van der Waals surface area contributed by atoms with Crippen molar-refractivity contribution in [2.24, 2.45) is 14.1 Å². The van der Waals surface area contributed by atoms with Gasteiger partial charge >= 0.3 is 5.69 Å². The second kappa shape index (κ2) is 7.19. The number of benzene rings is 1. The van der Waals surface area contributed by atoms with Crippen molar-refractivity contribution in [2.45, 2.75) is 37.7 Å². The number of Topliss-reactive ketones (excluding diaryl/α,β-unsaturated/α-hetero) is 1. The van der Waals surface area contributed by atoms with E-state index in [9.17, 15) is 14.4 Å². The molecule has 1 unspecified atom stereocenters. The van der Waals surface area contributed by atoms with E-state index in [0.717, 1.165) is 15.7 Å². The molecule has 2 heterocycles. The molecule has 0 aliphatic heterocycles. The molecule has 1 atom stereocenters. The van der Waals surface area contributed by atoms with Crippen LogP contribution >= 0.6 is 11.8 Å². The van der Waals surface area contributed by atoms with Gasteiger partial charge in [-0.05, 0) is 26.3 Å². The molecule has 0 amide bonds. The first-order valence-corrected chi connectivity index (χ1v) is 9.47. The smallest absolute Gasteiger partial charge is 0.309 e. The topological polar surface area (TPSA) is 78.9 Å². The summed E-state index contributed by atoms with van der Waals surface area (Å²) in [4.78, 5) is 41.3. The van der Waals surface area contributed by atoms with E-state index in [4.69, 9.17) is 0 Å². The Labute approximate surface area is 160 Å². The zero-order valence-corrected chi connectivity index (χ0v) is 16.8. The molecule has 3 rings (SSSR count). The van der Waals surface area contributed by atoms with Crippen LogP contribution in [0.5, 0.6) is 0 Å². The lowest BCUT2D eigenvalue weighted by Crippen LogP contribution is -2.37. The van der Waals surface area contributed by atoms with Gasteiger partial charge in [0.2, 0.25) is 0 Å². The van der Waals surface area contributed by atoms with Gasteiger partial charge in [0.25, 0.3) is 5.56 Å². The zero-order chi connectivity index (χ0) is 19.9. The van der Waals surface area contributed by atoms with Gasteiger partial charge in [0.05, 0.1) is 11.8 Å². The highest BCUT2D eigenvalue weighted by molar-refractivity contribution is 8.00. The van der Waals surface area contributed by atoms with E-state index in [2.05, 4.69) is 4.98 Å². The van der Waals surface area contributed by atoms with Crippen LogP contribution in [0.2, 0.25) is 0 Å². The Balaban J connectivity index is 2.26. The average Bonchev–Trinajstić information content (AvgIpc) is 2.98. The van der Waals surface area contributed by atoms with Gasteiger partial charge in [-0.15, -0.1) is 0 Å². The third-order valence-electron chi connectivity index (χ3n) is 4.63. The fourth-order valence-corrected chi connectivity index (χ4v) is 3.68. The molecule has 2 aromatic heterocycles. The molecule has 0 spiro atoms. The summed E-state index contributed by atoms with van der Waals surface area (Å²) in [5.41, 5.74) is 2.02. The quantitative estimate of drug-likeness (QED) is 0.626. The van der Waals surface area contributed by atoms with Crippen LogP contribution in [0.4, 0.5) is 0 Å². The molecule has 8 heteroatoms. The van der Waals surface area contributed by atoms with Crippen LogP contribution in [0.15, 0.2) is 39.0 Å². The first kappa shape index (κ1) is 19.2. The number of carbonyl (C=O) groups is 1. The summed E-state index contributed by atoms with van der Waals surface area (Å²) >= 11 is 1.29. The first-order valence-electron chi connectivity index (χ1n) is 8.59. The number of hydrogen-bond acceptors (Lipinski definition) is 5. The summed E-state index contributed by atoms with van der Waals surface area (Å²) in [7, 11) is 3.05. The summed E-state index contributed by atoms with van der Waals surface area (Å²) in [6.45, 7) is 5.77. The van der Waals surface area contributed by atoms with Crippen molar-refractivity contribution in [2.75, 3.05) is 0 Å². The van der Waals surface area contributed by atoms with E-state index in [1.165, 1.54) is 30.3 Å². The van der Waals surface area contributed by atoms with Crippen LogP contribution in [0, 0.1) is 6.92 Å². The van der Waals surface area contributed by atoms with E-state index in [-0.39, 0.29) is 11.0 Å². The largest absolute Gasteiger partial charge is 0.332 e. The fourth-order valence-electron chi connectivity index (χ4n) is 2.78. The van der Waals surface area contributed by atoms with Crippen LogP contribution < -0.4 is 11.2 Å². The molecular formula is C19H22N4O3S.